The Morgan fingerprint density at radius 1 is 0.962 bits per heavy atom. The van der Waals surface area contributed by atoms with Gasteiger partial charge in [-0.15, -0.1) is 0 Å². The minimum absolute atomic E-state index is 0.416. The number of carbonyl (C=O) groups excluding carboxylic acids is 1. The van der Waals surface area contributed by atoms with Gasteiger partial charge in [0.25, 0.3) is 0 Å². The lowest BCUT2D eigenvalue weighted by Gasteiger charge is -2.13. The van der Waals surface area contributed by atoms with E-state index in [-0.39, 0.29) is 0 Å². The van der Waals surface area contributed by atoms with Gasteiger partial charge in [-0.25, -0.2) is 0 Å². The minimum atomic E-state index is -1.24. The number of hydrogen-bond donors (Lipinski definition) is 0. The normalized spacial score (nSPS) is 11.0. The fourth-order valence-electron chi connectivity index (χ4n) is 2.67. The van der Waals surface area contributed by atoms with Crippen LogP contribution in [0.15, 0.2) is 66.7 Å². The summed E-state index contributed by atoms with van der Waals surface area (Å²) < 4.78 is 11.5. The van der Waals surface area contributed by atoms with E-state index in [4.69, 9.17) is 9.47 Å². The SMILES string of the molecule is CCOc1cc(/C=C/C(=O)[O-])ccc1OCc1ccc2ccccc2c1. The Hall–Kier alpha value is -3.27. The summed E-state index contributed by atoms with van der Waals surface area (Å²) in [5.41, 5.74) is 1.77. The van der Waals surface area contributed by atoms with Crippen molar-refractivity contribution in [3.63, 3.8) is 0 Å². The van der Waals surface area contributed by atoms with Crippen LogP contribution in [0.25, 0.3) is 16.8 Å². The summed E-state index contributed by atoms with van der Waals surface area (Å²) in [6.45, 7) is 2.79. The van der Waals surface area contributed by atoms with Gasteiger partial charge in [0, 0.05) is 0 Å². The van der Waals surface area contributed by atoms with Gasteiger partial charge in [0.1, 0.15) is 6.61 Å². The van der Waals surface area contributed by atoms with Crippen LogP contribution in [0.5, 0.6) is 11.5 Å². The first kappa shape index (κ1) is 17.5. The Balaban J connectivity index is 1.77. The maximum Gasteiger partial charge on any atom is 0.161 e. The highest BCUT2D eigenvalue weighted by Gasteiger charge is 2.06. The van der Waals surface area contributed by atoms with Crippen molar-refractivity contribution >= 4 is 22.8 Å². The Morgan fingerprint density at radius 2 is 1.77 bits per heavy atom. The van der Waals surface area contributed by atoms with Crippen LogP contribution in [-0.4, -0.2) is 12.6 Å². The van der Waals surface area contributed by atoms with Gasteiger partial charge in [0.05, 0.1) is 12.6 Å². The highest BCUT2D eigenvalue weighted by atomic mass is 16.5. The number of carbonyl (C=O) groups is 1. The maximum atomic E-state index is 10.5. The predicted octanol–water partition coefficient (Wildman–Crippen LogP) is 3.58. The minimum Gasteiger partial charge on any atom is -0.545 e. The zero-order valence-electron chi connectivity index (χ0n) is 14.5. The first-order valence-electron chi connectivity index (χ1n) is 8.42. The molecule has 0 saturated carbocycles. The summed E-state index contributed by atoms with van der Waals surface area (Å²) in [5.74, 6) is -0.0426. The van der Waals surface area contributed by atoms with Gasteiger partial charge in [0.2, 0.25) is 0 Å². The molecule has 4 heteroatoms. The van der Waals surface area contributed by atoms with Crippen LogP contribution in [0, 0.1) is 0 Å². The van der Waals surface area contributed by atoms with E-state index in [1.165, 1.54) is 16.8 Å². The molecule has 4 nitrogen and oxygen atoms in total. The van der Waals surface area contributed by atoms with Crippen LogP contribution in [0.4, 0.5) is 0 Å². The molecule has 0 aliphatic heterocycles. The zero-order chi connectivity index (χ0) is 18.4. The van der Waals surface area contributed by atoms with E-state index in [1.807, 2.05) is 25.1 Å². The summed E-state index contributed by atoms with van der Waals surface area (Å²) in [7, 11) is 0. The number of fused-ring (bicyclic) bond motifs is 1. The first-order chi connectivity index (χ1) is 12.7. The summed E-state index contributed by atoms with van der Waals surface area (Å²) in [4.78, 5) is 10.5. The molecule has 0 spiro atoms. The van der Waals surface area contributed by atoms with Crippen LogP contribution in [-0.2, 0) is 11.4 Å². The van der Waals surface area contributed by atoms with Crippen molar-refractivity contribution in [3.05, 3.63) is 77.9 Å². The predicted molar refractivity (Wildman–Crippen MR) is 99.9 cm³/mol. The number of benzene rings is 3. The highest BCUT2D eigenvalue weighted by Crippen LogP contribution is 2.30. The fourth-order valence-corrected chi connectivity index (χ4v) is 2.67. The molecule has 0 atom stereocenters. The third-order valence-corrected chi connectivity index (χ3v) is 3.89. The van der Waals surface area contributed by atoms with Crippen molar-refractivity contribution in [2.24, 2.45) is 0 Å². The van der Waals surface area contributed by atoms with Gasteiger partial charge in [-0.1, -0.05) is 48.5 Å². The van der Waals surface area contributed by atoms with Crippen LogP contribution in [0.1, 0.15) is 18.1 Å². The van der Waals surface area contributed by atoms with Gasteiger partial charge < -0.3 is 19.4 Å². The number of hydrogen-bond acceptors (Lipinski definition) is 4. The maximum absolute atomic E-state index is 10.5. The van der Waals surface area contributed by atoms with Crippen molar-refractivity contribution in [1.29, 1.82) is 0 Å². The number of rotatable bonds is 7. The largest absolute Gasteiger partial charge is 0.545 e. The lowest BCUT2D eigenvalue weighted by molar-refractivity contribution is -0.297. The van der Waals surface area contributed by atoms with E-state index in [2.05, 4.69) is 24.3 Å². The van der Waals surface area contributed by atoms with E-state index >= 15 is 0 Å². The molecule has 26 heavy (non-hydrogen) atoms. The number of carboxylic acids is 1. The van der Waals surface area contributed by atoms with Crippen LogP contribution < -0.4 is 14.6 Å². The molecule has 0 amide bonds. The molecule has 3 aromatic rings. The Labute approximate surface area is 152 Å². The Morgan fingerprint density at radius 3 is 2.54 bits per heavy atom. The van der Waals surface area contributed by atoms with Crippen LogP contribution in [0.3, 0.4) is 0 Å². The van der Waals surface area contributed by atoms with Crippen molar-refractivity contribution in [2.75, 3.05) is 6.61 Å². The standard InChI is InChI=1S/C22H20O4/c1-2-25-21-14-16(9-12-22(23)24)8-11-20(21)26-15-17-7-10-18-5-3-4-6-19(18)13-17/h3-14H,2,15H2,1H3,(H,23,24)/p-1/b12-9+. The number of carboxylic acid groups (broad SMARTS) is 1. The van der Waals surface area contributed by atoms with Gasteiger partial charge in [-0.05, 0) is 53.1 Å². The summed E-state index contributed by atoms with van der Waals surface area (Å²) in [6, 6.07) is 19.7. The lowest BCUT2D eigenvalue weighted by Crippen LogP contribution is -2.18. The molecule has 0 aliphatic rings. The summed E-state index contributed by atoms with van der Waals surface area (Å²) in [6.07, 6.45) is 2.45. The van der Waals surface area contributed by atoms with Gasteiger partial charge >= 0.3 is 0 Å². The zero-order valence-corrected chi connectivity index (χ0v) is 14.5. The quantitative estimate of drug-likeness (QED) is 0.613. The molecule has 0 bridgehead atoms. The second-order valence-electron chi connectivity index (χ2n) is 5.76. The number of aliphatic carboxylic acids is 1. The molecular formula is C22H19O4-. The molecule has 3 rings (SSSR count). The first-order valence-corrected chi connectivity index (χ1v) is 8.42. The summed E-state index contributed by atoms with van der Waals surface area (Å²) >= 11 is 0. The van der Waals surface area contributed by atoms with Gasteiger partial charge in [-0.3, -0.25) is 0 Å². The Bertz CT molecular complexity index is 944. The molecule has 0 saturated heterocycles. The third-order valence-electron chi connectivity index (χ3n) is 3.89. The van der Waals surface area contributed by atoms with Crippen molar-refractivity contribution in [2.45, 2.75) is 13.5 Å². The van der Waals surface area contributed by atoms with Gasteiger partial charge in [0.15, 0.2) is 11.5 Å². The monoisotopic (exact) mass is 347 g/mol. The lowest BCUT2D eigenvalue weighted by atomic mass is 10.1. The molecule has 0 aliphatic carbocycles. The average Bonchev–Trinajstić information content (AvgIpc) is 2.65. The molecule has 3 aromatic carbocycles. The molecule has 0 radical (unpaired) electrons. The molecule has 132 valence electrons. The van der Waals surface area contributed by atoms with Crippen molar-refractivity contribution in [3.8, 4) is 11.5 Å². The molecule has 0 fully saturated rings. The van der Waals surface area contributed by atoms with E-state index in [1.54, 1.807) is 18.2 Å². The average molecular weight is 347 g/mol. The smallest absolute Gasteiger partial charge is 0.161 e. The van der Waals surface area contributed by atoms with E-state index in [9.17, 15) is 9.90 Å². The second-order valence-corrected chi connectivity index (χ2v) is 5.76. The van der Waals surface area contributed by atoms with Crippen molar-refractivity contribution in [1.82, 2.24) is 0 Å². The number of ether oxygens (including phenoxy) is 2. The van der Waals surface area contributed by atoms with E-state index in [0.717, 1.165) is 11.6 Å². The molecule has 0 unspecified atom stereocenters. The summed E-state index contributed by atoms with van der Waals surface area (Å²) in [5, 5.41) is 12.9. The van der Waals surface area contributed by atoms with Crippen molar-refractivity contribution < 1.29 is 19.4 Å². The van der Waals surface area contributed by atoms with E-state index in [0.29, 0.717) is 30.3 Å². The van der Waals surface area contributed by atoms with Gasteiger partial charge in [-0.2, -0.15) is 0 Å². The highest BCUT2D eigenvalue weighted by molar-refractivity contribution is 5.84. The second kappa shape index (κ2) is 8.21. The van der Waals surface area contributed by atoms with Crippen LogP contribution in [0.2, 0.25) is 0 Å². The topological polar surface area (TPSA) is 58.6 Å². The van der Waals surface area contributed by atoms with Crippen LogP contribution >= 0.6 is 0 Å². The third kappa shape index (κ3) is 4.42. The molecular weight excluding hydrogens is 328 g/mol. The Kier molecular flexibility index (Phi) is 5.54. The molecule has 0 N–H and O–H groups in total. The molecule has 0 aromatic heterocycles. The van der Waals surface area contributed by atoms with E-state index < -0.39 is 5.97 Å². The molecule has 0 heterocycles. The fraction of sp³-hybridized carbons (Fsp3) is 0.136.